The third-order valence-corrected chi connectivity index (χ3v) is 6.69. The summed E-state index contributed by atoms with van der Waals surface area (Å²) in [6, 6.07) is 9.35. The first-order valence-corrected chi connectivity index (χ1v) is 10.7. The van der Waals surface area contributed by atoms with Gasteiger partial charge in [0.15, 0.2) is 5.76 Å². The summed E-state index contributed by atoms with van der Waals surface area (Å²) in [6.45, 7) is -0.0234. The maximum atomic E-state index is 13.0. The highest BCUT2D eigenvalue weighted by Crippen LogP contribution is 2.40. The van der Waals surface area contributed by atoms with Gasteiger partial charge in [0.05, 0.1) is 18.2 Å². The number of Topliss-reactive ketones (excluding diaryl/α,β-unsaturated/α-hetero) is 1. The Labute approximate surface area is 187 Å². The molecule has 1 saturated heterocycles. The average molecular weight is 459 g/mol. The molecular formula is C21H18N2O6S2. The van der Waals surface area contributed by atoms with Crippen LogP contribution in [0.3, 0.4) is 0 Å². The fourth-order valence-corrected chi connectivity index (χ4v) is 4.94. The molecule has 3 heterocycles. The van der Waals surface area contributed by atoms with Crippen molar-refractivity contribution in [2.45, 2.75) is 18.0 Å². The highest BCUT2D eigenvalue weighted by atomic mass is 32.2. The van der Waals surface area contributed by atoms with Crippen molar-refractivity contribution in [1.82, 2.24) is 4.90 Å². The Kier molecular flexibility index (Phi) is 5.94. The lowest BCUT2D eigenvalue weighted by molar-refractivity contribution is -0.151. The van der Waals surface area contributed by atoms with Gasteiger partial charge in [0.2, 0.25) is 11.7 Å². The van der Waals surface area contributed by atoms with E-state index >= 15 is 0 Å². The quantitative estimate of drug-likeness (QED) is 0.288. The predicted molar refractivity (Wildman–Crippen MR) is 117 cm³/mol. The lowest BCUT2D eigenvalue weighted by atomic mass is 10.0. The zero-order chi connectivity index (χ0) is 22.1. The summed E-state index contributed by atoms with van der Waals surface area (Å²) in [4.78, 5) is 39.3. The molecule has 1 fully saturated rings. The van der Waals surface area contributed by atoms with Crippen LogP contribution < -0.4 is 10.5 Å². The molecule has 2 aromatic rings. The van der Waals surface area contributed by atoms with E-state index in [1.165, 1.54) is 29.0 Å². The van der Waals surface area contributed by atoms with Gasteiger partial charge < -0.3 is 19.6 Å². The first kappa shape index (κ1) is 21.3. The molecule has 1 amide bonds. The molecule has 0 saturated carbocycles. The zero-order valence-corrected chi connectivity index (χ0v) is 18.0. The maximum absolute atomic E-state index is 13.0. The molecule has 1 aromatic carbocycles. The Morgan fingerprint density at radius 2 is 2.03 bits per heavy atom. The van der Waals surface area contributed by atoms with E-state index in [0.29, 0.717) is 5.75 Å². The van der Waals surface area contributed by atoms with E-state index in [4.69, 9.17) is 31.8 Å². The van der Waals surface area contributed by atoms with Gasteiger partial charge in [0.25, 0.3) is 0 Å². The second-order valence-electron chi connectivity index (χ2n) is 6.82. The summed E-state index contributed by atoms with van der Waals surface area (Å²) in [5.74, 6) is -0.714. The van der Waals surface area contributed by atoms with Crippen molar-refractivity contribution >= 4 is 46.5 Å². The van der Waals surface area contributed by atoms with E-state index in [0.717, 1.165) is 5.56 Å². The molecule has 0 radical (unpaired) electrons. The van der Waals surface area contributed by atoms with E-state index in [1.54, 1.807) is 37.4 Å². The number of β-lactam (4-membered cyclic amide) rings is 1. The van der Waals surface area contributed by atoms with Crippen LogP contribution in [0.5, 0.6) is 5.75 Å². The standard InChI is InChI=1S/C21H18N2O6S2/c1-27-12-6-4-11(5-7-12)9-29-21(26)16-13(10-31-20-15(22)19(25)23(16)20)18(30)17(24)14-3-2-8-28-14/h2-8,15,20H,9-10,22H2,1H3/t15?,20-/m0/s1. The van der Waals surface area contributed by atoms with Crippen molar-refractivity contribution < 1.29 is 28.3 Å². The van der Waals surface area contributed by atoms with Crippen LogP contribution in [0.2, 0.25) is 0 Å². The number of thioether (sulfide) groups is 1. The number of rotatable bonds is 7. The Morgan fingerprint density at radius 1 is 1.29 bits per heavy atom. The van der Waals surface area contributed by atoms with Crippen molar-refractivity contribution in [1.29, 1.82) is 0 Å². The molecule has 1 aromatic heterocycles. The number of fused-ring (bicyclic) bond motifs is 1. The summed E-state index contributed by atoms with van der Waals surface area (Å²) in [5, 5.41) is -0.402. The molecule has 2 N–H and O–H groups in total. The number of hydrogen-bond donors (Lipinski definition) is 1. The fourth-order valence-electron chi connectivity index (χ4n) is 3.27. The van der Waals surface area contributed by atoms with Crippen LogP contribution in [-0.4, -0.2) is 51.7 Å². The van der Waals surface area contributed by atoms with Gasteiger partial charge in [-0.1, -0.05) is 24.4 Å². The lowest BCUT2D eigenvalue weighted by Crippen LogP contribution is -2.68. The third-order valence-electron chi connectivity index (χ3n) is 4.96. The number of benzene rings is 1. The molecule has 10 heteroatoms. The number of esters is 1. The second kappa shape index (κ2) is 8.66. The molecule has 8 nitrogen and oxygen atoms in total. The van der Waals surface area contributed by atoms with E-state index in [9.17, 15) is 14.4 Å². The first-order chi connectivity index (χ1) is 14.9. The number of nitrogens with two attached hydrogens (primary N) is 1. The van der Waals surface area contributed by atoms with Gasteiger partial charge in [-0.15, -0.1) is 11.8 Å². The van der Waals surface area contributed by atoms with Gasteiger partial charge in [-0.2, -0.15) is 0 Å². The molecule has 4 rings (SSSR count). The van der Waals surface area contributed by atoms with Gasteiger partial charge in [-0.05, 0) is 29.8 Å². The molecule has 0 spiro atoms. The molecule has 2 aliphatic heterocycles. The largest absolute Gasteiger partial charge is 0.497 e. The Balaban J connectivity index is 1.61. The van der Waals surface area contributed by atoms with Crippen molar-refractivity contribution in [3.63, 3.8) is 0 Å². The molecule has 2 atom stereocenters. The van der Waals surface area contributed by atoms with Gasteiger partial charge in [0.1, 0.15) is 29.5 Å². The molecule has 0 aliphatic carbocycles. The molecule has 2 aliphatic rings. The van der Waals surface area contributed by atoms with Crippen LogP contribution in [0.25, 0.3) is 0 Å². The van der Waals surface area contributed by atoms with Crippen molar-refractivity contribution in [2.24, 2.45) is 5.73 Å². The Hall–Kier alpha value is -2.95. The summed E-state index contributed by atoms with van der Waals surface area (Å²) in [6.07, 6.45) is 1.36. The zero-order valence-electron chi connectivity index (χ0n) is 16.4. The van der Waals surface area contributed by atoms with E-state index in [-0.39, 0.29) is 34.3 Å². The SMILES string of the molecule is COc1ccc(COC(=O)C2=C(C(=S)C(=O)c3ccco3)CS[C@H]3C(N)C(=O)N23)cc1. The molecule has 0 bridgehead atoms. The van der Waals surface area contributed by atoms with Crippen molar-refractivity contribution in [3.05, 3.63) is 65.3 Å². The van der Waals surface area contributed by atoms with Crippen LogP contribution in [0.1, 0.15) is 16.1 Å². The number of methoxy groups -OCH3 is 1. The van der Waals surface area contributed by atoms with E-state index in [1.807, 2.05) is 0 Å². The van der Waals surface area contributed by atoms with E-state index < -0.39 is 29.1 Å². The topological polar surface area (TPSA) is 112 Å². The van der Waals surface area contributed by atoms with Crippen LogP contribution in [0, 0.1) is 0 Å². The van der Waals surface area contributed by atoms with Crippen molar-refractivity contribution in [2.75, 3.05) is 12.9 Å². The number of carbonyl (C=O) groups excluding carboxylic acids is 3. The monoisotopic (exact) mass is 458 g/mol. The average Bonchev–Trinajstić information content (AvgIpc) is 3.35. The highest BCUT2D eigenvalue weighted by molar-refractivity contribution is 8.00. The summed E-state index contributed by atoms with van der Waals surface area (Å²) < 4.78 is 15.7. The maximum Gasteiger partial charge on any atom is 0.355 e. The van der Waals surface area contributed by atoms with Crippen LogP contribution >= 0.6 is 24.0 Å². The van der Waals surface area contributed by atoms with Crippen LogP contribution in [0.15, 0.2) is 58.3 Å². The summed E-state index contributed by atoms with van der Waals surface area (Å²) in [7, 11) is 1.56. The van der Waals surface area contributed by atoms with Crippen LogP contribution in [-0.2, 0) is 20.9 Å². The summed E-state index contributed by atoms with van der Waals surface area (Å²) in [5.41, 5.74) is 6.84. The highest BCUT2D eigenvalue weighted by Gasteiger charge is 2.52. The van der Waals surface area contributed by atoms with Gasteiger partial charge in [-0.25, -0.2) is 4.79 Å². The molecule has 160 valence electrons. The number of ether oxygens (including phenoxy) is 2. The number of thiocarbonyl (C=S) groups is 1. The minimum atomic E-state index is -0.744. The first-order valence-electron chi connectivity index (χ1n) is 9.28. The van der Waals surface area contributed by atoms with Gasteiger partial charge >= 0.3 is 5.97 Å². The fraction of sp³-hybridized carbons (Fsp3) is 0.238. The van der Waals surface area contributed by atoms with E-state index in [2.05, 4.69) is 0 Å². The normalized spacial score (nSPS) is 20.1. The minimum Gasteiger partial charge on any atom is -0.497 e. The molecular weight excluding hydrogens is 440 g/mol. The number of nitrogens with zero attached hydrogens (tertiary/aromatic N) is 1. The number of ketones is 1. The summed E-state index contributed by atoms with van der Waals surface area (Å²) >= 11 is 6.70. The van der Waals surface area contributed by atoms with Gasteiger partial charge in [-0.3, -0.25) is 14.5 Å². The van der Waals surface area contributed by atoms with Crippen LogP contribution in [0.4, 0.5) is 0 Å². The second-order valence-corrected chi connectivity index (χ2v) is 8.34. The predicted octanol–water partition coefficient (Wildman–Crippen LogP) is 2.08. The number of hydrogen-bond acceptors (Lipinski definition) is 9. The molecule has 31 heavy (non-hydrogen) atoms. The number of amides is 1. The Bertz CT molecular complexity index is 1080. The lowest BCUT2D eigenvalue weighted by Gasteiger charge is -2.48. The number of carbonyl (C=O) groups is 3. The Morgan fingerprint density at radius 3 is 2.68 bits per heavy atom. The van der Waals surface area contributed by atoms with Crippen molar-refractivity contribution in [3.8, 4) is 5.75 Å². The molecule has 1 unspecified atom stereocenters. The number of furan rings is 1. The third kappa shape index (κ3) is 3.89. The minimum absolute atomic E-state index is 0.0234. The smallest absolute Gasteiger partial charge is 0.355 e. The van der Waals surface area contributed by atoms with Gasteiger partial charge in [0, 0.05) is 11.3 Å².